The number of ether oxygens (including phenoxy) is 1. The third kappa shape index (κ3) is 8.01. The number of anilines is 1. The lowest BCUT2D eigenvalue weighted by atomic mass is 10.1. The number of nitrogens with one attached hydrogen (secondary N) is 2. The van der Waals surface area contributed by atoms with Crippen LogP contribution in [0.25, 0.3) is 5.70 Å². The van der Waals surface area contributed by atoms with E-state index in [1.807, 2.05) is 0 Å². The molecule has 0 unspecified atom stereocenters. The molecule has 2 rings (SSSR count). The lowest BCUT2D eigenvalue weighted by Crippen LogP contribution is -2.20. The number of hydrogen-bond acceptors (Lipinski definition) is 6. The summed E-state index contributed by atoms with van der Waals surface area (Å²) in [5.41, 5.74) is -0.872. The van der Waals surface area contributed by atoms with Gasteiger partial charge in [-0.1, -0.05) is 35.9 Å². The average molecular weight is 489 g/mol. The summed E-state index contributed by atoms with van der Waals surface area (Å²) in [6, 6.07) is 11.9. The van der Waals surface area contributed by atoms with Crippen LogP contribution in [0.1, 0.15) is 22.3 Å². The molecule has 0 saturated heterocycles. The summed E-state index contributed by atoms with van der Waals surface area (Å²) < 4.78 is 65.9. The Morgan fingerprint density at radius 2 is 1.72 bits per heavy atom. The third-order valence-electron chi connectivity index (χ3n) is 4.06. The van der Waals surface area contributed by atoms with E-state index in [1.54, 1.807) is 24.3 Å². The first-order valence-electron chi connectivity index (χ1n) is 9.21. The van der Waals surface area contributed by atoms with Gasteiger partial charge in [-0.3, -0.25) is 5.41 Å². The summed E-state index contributed by atoms with van der Waals surface area (Å²) in [4.78, 5) is 12.1. The lowest BCUT2D eigenvalue weighted by Gasteiger charge is -2.15. The Hall–Kier alpha value is -2.85. The summed E-state index contributed by atoms with van der Waals surface area (Å²) in [6.45, 7) is -0.0877. The van der Waals surface area contributed by atoms with Crippen molar-refractivity contribution in [2.24, 2.45) is 0 Å². The van der Waals surface area contributed by atoms with E-state index in [0.29, 0.717) is 11.8 Å². The molecule has 2 N–H and O–H groups in total. The van der Waals surface area contributed by atoms with Crippen molar-refractivity contribution in [2.45, 2.75) is 12.6 Å². The number of para-hydroxylation sites is 1. The zero-order chi connectivity index (χ0) is 23.9. The van der Waals surface area contributed by atoms with Crippen LogP contribution in [0.15, 0.2) is 54.6 Å². The van der Waals surface area contributed by atoms with Gasteiger partial charge in [0.05, 0.1) is 28.6 Å². The maximum absolute atomic E-state index is 12.9. The van der Waals surface area contributed by atoms with Crippen molar-refractivity contribution in [1.29, 1.82) is 5.41 Å². The van der Waals surface area contributed by atoms with Crippen molar-refractivity contribution in [3.05, 3.63) is 70.8 Å². The first-order valence-corrected chi connectivity index (χ1v) is 11.6. The summed E-state index contributed by atoms with van der Waals surface area (Å²) in [6.07, 6.45) is -2.99. The smallest absolute Gasteiger partial charge is 0.432 e. The highest BCUT2D eigenvalue weighted by Gasteiger charge is 2.33. The monoisotopic (exact) mass is 488 g/mol. The van der Waals surface area contributed by atoms with Gasteiger partial charge in [0, 0.05) is 12.0 Å². The Labute approximate surface area is 188 Å². The van der Waals surface area contributed by atoms with Gasteiger partial charge >= 0.3 is 12.1 Å². The van der Waals surface area contributed by atoms with Crippen LogP contribution in [-0.4, -0.2) is 44.9 Å². The number of allylic oxidation sites excluding steroid dienone is 1. The third-order valence-corrected chi connectivity index (χ3v) is 5.42. The Kier molecular flexibility index (Phi) is 8.45. The number of sulfone groups is 1. The molecular formula is C21H20ClF3N2O4S. The number of benzene rings is 2. The number of rotatable bonds is 9. The summed E-state index contributed by atoms with van der Waals surface area (Å²) in [5.74, 6) is -0.815. The second kappa shape index (κ2) is 10.6. The SMILES string of the molecule is CS(=O)(=O)CCCOC(=O)c1ccc(/C(=C/C(=N)C(F)(F)F)Nc2ccccc2Cl)cc1. The van der Waals surface area contributed by atoms with Gasteiger partial charge in [-0.05, 0) is 42.3 Å². The van der Waals surface area contributed by atoms with Crippen LogP contribution in [0.4, 0.5) is 18.9 Å². The molecule has 0 aliphatic heterocycles. The van der Waals surface area contributed by atoms with Crippen LogP contribution in [0.5, 0.6) is 0 Å². The van der Waals surface area contributed by atoms with Crippen LogP contribution in [-0.2, 0) is 14.6 Å². The van der Waals surface area contributed by atoms with Crippen molar-refractivity contribution in [2.75, 3.05) is 23.9 Å². The molecule has 0 radical (unpaired) electrons. The molecule has 0 saturated carbocycles. The highest BCUT2D eigenvalue weighted by atomic mass is 35.5. The molecule has 0 bridgehead atoms. The maximum Gasteiger partial charge on any atom is 0.432 e. The van der Waals surface area contributed by atoms with E-state index in [-0.39, 0.29) is 40.6 Å². The Morgan fingerprint density at radius 3 is 2.28 bits per heavy atom. The van der Waals surface area contributed by atoms with Gasteiger partial charge in [0.2, 0.25) is 0 Å². The summed E-state index contributed by atoms with van der Waals surface area (Å²) in [5, 5.41) is 10.4. The Bertz CT molecular complexity index is 1110. The number of alkyl halides is 3. The lowest BCUT2D eigenvalue weighted by molar-refractivity contribution is -0.0583. The van der Waals surface area contributed by atoms with E-state index < -0.39 is 27.7 Å². The predicted octanol–water partition coefficient (Wildman–Crippen LogP) is 4.97. The topological polar surface area (TPSA) is 96.3 Å². The molecule has 0 heterocycles. The van der Waals surface area contributed by atoms with E-state index in [4.69, 9.17) is 21.7 Å². The van der Waals surface area contributed by atoms with Crippen LogP contribution in [0.3, 0.4) is 0 Å². The van der Waals surface area contributed by atoms with Gasteiger partial charge in [-0.25, -0.2) is 13.2 Å². The summed E-state index contributed by atoms with van der Waals surface area (Å²) >= 11 is 6.07. The fourth-order valence-corrected chi connectivity index (χ4v) is 3.31. The predicted molar refractivity (Wildman–Crippen MR) is 118 cm³/mol. The molecule has 0 aromatic heterocycles. The van der Waals surface area contributed by atoms with Crippen LogP contribution < -0.4 is 5.32 Å². The van der Waals surface area contributed by atoms with Gasteiger partial charge in [-0.2, -0.15) is 13.2 Å². The maximum atomic E-state index is 12.9. The minimum Gasteiger partial charge on any atom is -0.462 e. The second-order valence-corrected chi connectivity index (χ2v) is 9.44. The number of hydrogen-bond donors (Lipinski definition) is 2. The van der Waals surface area contributed by atoms with Crippen molar-refractivity contribution in [3.63, 3.8) is 0 Å². The van der Waals surface area contributed by atoms with E-state index in [2.05, 4.69) is 5.32 Å². The molecule has 11 heteroatoms. The fourth-order valence-electron chi connectivity index (χ4n) is 2.48. The van der Waals surface area contributed by atoms with E-state index in [1.165, 1.54) is 24.3 Å². The van der Waals surface area contributed by atoms with Gasteiger partial charge in [0.15, 0.2) is 0 Å². The van der Waals surface area contributed by atoms with Gasteiger partial charge in [0.1, 0.15) is 15.5 Å². The highest BCUT2D eigenvalue weighted by Crippen LogP contribution is 2.27. The van der Waals surface area contributed by atoms with E-state index >= 15 is 0 Å². The minimum atomic E-state index is -4.84. The summed E-state index contributed by atoms with van der Waals surface area (Å²) in [7, 11) is -3.16. The van der Waals surface area contributed by atoms with Crippen molar-refractivity contribution in [3.8, 4) is 0 Å². The largest absolute Gasteiger partial charge is 0.462 e. The van der Waals surface area contributed by atoms with Crippen LogP contribution in [0.2, 0.25) is 5.02 Å². The van der Waals surface area contributed by atoms with Crippen molar-refractivity contribution < 1.29 is 31.1 Å². The second-order valence-electron chi connectivity index (χ2n) is 6.77. The highest BCUT2D eigenvalue weighted by molar-refractivity contribution is 7.90. The molecule has 0 atom stereocenters. The molecule has 0 spiro atoms. The molecular weight excluding hydrogens is 469 g/mol. The Balaban J connectivity index is 2.21. The van der Waals surface area contributed by atoms with Crippen LogP contribution in [0, 0.1) is 5.41 Å². The molecule has 2 aromatic rings. The molecule has 0 aliphatic carbocycles. The molecule has 172 valence electrons. The van der Waals surface area contributed by atoms with Gasteiger partial charge in [-0.15, -0.1) is 0 Å². The zero-order valence-corrected chi connectivity index (χ0v) is 18.4. The van der Waals surface area contributed by atoms with E-state index in [9.17, 15) is 26.4 Å². The first-order chi connectivity index (χ1) is 14.9. The van der Waals surface area contributed by atoms with Crippen LogP contribution >= 0.6 is 11.6 Å². The number of carbonyl (C=O) groups is 1. The van der Waals surface area contributed by atoms with Crippen molar-refractivity contribution in [1.82, 2.24) is 0 Å². The minimum absolute atomic E-state index is 0.0477. The molecule has 0 amide bonds. The molecule has 0 aliphatic rings. The van der Waals surface area contributed by atoms with Gasteiger partial charge in [0.25, 0.3) is 0 Å². The van der Waals surface area contributed by atoms with Crippen molar-refractivity contribution >= 4 is 44.5 Å². The number of esters is 1. The molecule has 6 nitrogen and oxygen atoms in total. The molecule has 2 aromatic carbocycles. The molecule has 0 fully saturated rings. The quantitative estimate of drug-likeness (QED) is 0.295. The van der Waals surface area contributed by atoms with E-state index in [0.717, 1.165) is 6.26 Å². The average Bonchev–Trinajstić information content (AvgIpc) is 2.70. The zero-order valence-electron chi connectivity index (χ0n) is 16.9. The Morgan fingerprint density at radius 1 is 1.12 bits per heavy atom. The first kappa shape index (κ1) is 25.4. The number of carbonyl (C=O) groups excluding carboxylic acids is 1. The fraction of sp³-hybridized carbons (Fsp3) is 0.238. The normalized spacial score (nSPS) is 12.3. The number of halogens is 4. The standard InChI is InChI=1S/C21H20ClF3N2O4S/c1-32(29,30)12-4-11-31-20(28)15-9-7-14(8-10-15)18(13-19(26)21(23,24)25)27-17-6-3-2-5-16(17)22/h2-3,5-10,13,26-27H,4,11-12H2,1H3/b18-13-,26-19?. The van der Waals surface area contributed by atoms with Gasteiger partial charge < -0.3 is 10.1 Å². The molecule has 32 heavy (non-hydrogen) atoms.